The van der Waals surface area contributed by atoms with Gasteiger partial charge in [0.1, 0.15) is 5.75 Å². The van der Waals surface area contributed by atoms with Gasteiger partial charge in [0.05, 0.1) is 18.5 Å². The van der Waals surface area contributed by atoms with Gasteiger partial charge in [0.2, 0.25) is 0 Å². The number of ether oxygens (including phenoxy) is 1. The first-order valence-electron chi connectivity index (χ1n) is 4.89. The van der Waals surface area contributed by atoms with E-state index in [-0.39, 0.29) is 17.0 Å². The maximum Gasteiger partial charge on any atom is 0.390 e. The van der Waals surface area contributed by atoms with Gasteiger partial charge < -0.3 is 10.5 Å². The Hall–Kier alpha value is -1.83. The lowest BCUT2D eigenvalue weighted by atomic mass is 10.0. The van der Waals surface area contributed by atoms with Crippen LogP contribution in [0.3, 0.4) is 0 Å². The number of hydrogen-bond acceptors (Lipinski definition) is 4. The van der Waals surface area contributed by atoms with Crippen LogP contribution in [0.25, 0.3) is 0 Å². The minimum Gasteiger partial charge on any atom is -0.496 e. The minimum atomic E-state index is -4.45. The highest BCUT2D eigenvalue weighted by Gasteiger charge is 2.32. The van der Waals surface area contributed by atoms with Crippen molar-refractivity contribution in [2.75, 3.05) is 7.11 Å². The Labute approximate surface area is 100 Å². The van der Waals surface area contributed by atoms with Crippen LogP contribution >= 0.6 is 0 Å². The molecule has 0 amide bonds. The molecule has 8 heteroatoms. The molecule has 0 aliphatic carbocycles. The van der Waals surface area contributed by atoms with Crippen molar-refractivity contribution >= 4 is 5.69 Å². The van der Waals surface area contributed by atoms with Gasteiger partial charge in [0, 0.05) is 23.7 Å². The molecule has 1 aromatic carbocycles. The van der Waals surface area contributed by atoms with E-state index in [1.54, 1.807) is 0 Å². The van der Waals surface area contributed by atoms with Crippen molar-refractivity contribution in [2.45, 2.75) is 18.6 Å². The molecule has 100 valence electrons. The Morgan fingerprint density at radius 1 is 1.50 bits per heavy atom. The summed E-state index contributed by atoms with van der Waals surface area (Å²) in [5.74, 6) is 0.0948. The van der Waals surface area contributed by atoms with Crippen molar-refractivity contribution in [2.24, 2.45) is 5.73 Å². The van der Waals surface area contributed by atoms with E-state index in [1.807, 2.05) is 0 Å². The predicted octanol–water partition coefficient (Wildman–Crippen LogP) is 2.56. The van der Waals surface area contributed by atoms with E-state index < -0.39 is 23.6 Å². The molecular weight excluding hydrogens is 253 g/mol. The van der Waals surface area contributed by atoms with Crippen LogP contribution in [0.2, 0.25) is 0 Å². The summed E-state index contributed by atoms with van der Waals surface area (Å²) >= 11 is 0. The van der Waals surface area contributed by atoms with Crippen molar-refractivity contribution < 1.29 is 22.8 Å². The van der Waals surface area contributed by atoms with E-state index in [9.17, 15) is 23.3 Å². The fourth-order valence-corrected chi connectivity index (χ4v) is 1.48. The van der Waals surface area contributed by atoms with Crippen LogP contribution in [-0.2, 0) is 0 Å². The molecule has 0 spiro atoms. The zero-order valence-electron chi connectivity index (χ0n) is 9.40. The van der Waals surface area contributed by atoms with Crippen LogP contribution < -0.4 is 10.5 Å². The van der Waals surface area contributed by atoms with E-state index in [2.05, 4.69) is 0 Å². The second kappa shape index (κ2) is 5.21. The van der Waals surface area contributed by atoms with Crippen molar-refractivity contribution in [3.63, 3.8) is 0 Å². The van der Waals surface area contributed by atoms with Gasteiger partial charge in [-0.25, -0.2) is 0 Å². The molecule has 1 unspecified atom stereocenters. The zero-order chi connectivity index (χ0) is 13.9. The summed E-state index contributed by atoms with van der Waals surface area (Å²) < 4.78 is 41.5. The molecule has 0 heterocycles. The number of nitrogens with two attached hydrogens (primary N) is 1. The van der Waals surface area contributed by atoms with E-state index >= 15 is 0 Å². The van der Waals surface area contributed by atoms with E-state index in [0.29, 0.717) is 0 Å². The van der Waals surface area contributed by atoms with Gasteiger partial charge in [-0.05, 0) is 6.07 Å². The normalized spacial score (nSPS) is 13.2. The number of methoxy groups -OCH3 is 1. The molecule has 0 aliphatic rings. The third kappa shape index (κ3) is 3.59. The second-order valence-corrected chi connectivity index (χ2v) is 3.61. The first-order valence-corrected chi connectivity index (χ1v) is 4.89. The Balaban J connectivity index is 3.11. The molecule has 1 aromatic rings. The molecule has 5 nitrogen and oxygen atoms in total. The number of halogens is 3. The average Bonchev–Trinajstić information content (AvgIpc) is 2.25. The molecule has 1 rings (SSSR count). The van der Waals surface area contributed by atoms with Crippen molar-refractivity contribution in [1.82, 2.24) is 0 Å². The molecule has 0 aliphatic heterocycles. The number of nitrogens with zero attached hydrogens (tertiary/aromatic N) is 1. The molecule has 1 atom stereocenters. The molecule has 0 radical (unpaired) electrons. The van der Waals surface area contributed by atoms with E-state index in [0.717, 1.165) is 12.1 Å². The zero-order valence-corrected chi connectivity index (χ0v) is 9.40. The predicted molar refractivity (Wildman–Crippen MR) is 57.2 cm³/mol. The molecule has 2 N–H and O–H groups in total. The van der Waals surface area contributed by atoms with Gasteiger partial charge in [-0.3, -0.25) is 10.1 Å². The summed E-state index contributed by atoms with van der Waals surface area (Å²) in [6, 6.07) is 1.96. The molecule has 18 heavy (non-hydrogen) atoms. The SMILES string of the molecule is COc1ccc([N+](=O)[O-])cc1C(N)CC(F)(F)F. The van der Waals surface area contributed by atoms with E-state index in [1.165, 1.54) is 13.2 Å². The first-order chi connectivity index (χ1) is 8.24. The Bertz CT molecular complexity index is 448. The minimum absolute atomic E-state index is 0.0379. The second-order valence-electron chi connectivity index (χ2n) is 3.61. The summed E-state index contributed by atoms with van der Waals surface area (Å²) in [6.07, 6.45) is -5.72. The Morgan fingerprint density at radius 2 is 2.11 bits per heavy atom. The van der Waals surface area contributed by atoms with Gasteiger partial charge in [-0.2, -0.15) is 13.2 Å². The Morgan fingerprint density at radius 3 is 2.56 bits per heavy atom. The van der Waals surface area contributed by atoms with Crippen LogP contribution in [0.1, 0.15) is 18.0 Å². The highest BCUT2D eigenvalue weighted by Crippen LogP contribution is 2.34. The molecule has 0 fully saturated rings. The summed E-state index contributed by atoms with van der Waals surface area (Å²) in [7, 11) is 1.25. The van der Waals surface area contributed by atoms with Gasteiger partial charge in [0.15, 0.2) is 0 Å². The van der Waals surface area contributed by atoms with Gasteiger partial charge in [0.25, 0.3) is 5.69 Å². The topological polar surface area (TPSA) is 78.4 Å². The molecule has 0 saturated heterocycles. The van der Waals surface area contributed by atoms with Gasteiger partial charge >= 0.3 is 6.18 Å². The molecule has 0 saturated carbocycles. The third-order valence-corrected chi connectivity index (χ3v) is 2.27. The maximum atomic E-state index is 12.2. The summed E-state index contributed by atoms with van der Waals surface area (Å²) in [4.78, 5) is 9.86. The van der Waals surface area contributed by atoms with Crippen LogP contribution in [0.5, 0.6) is 5.75 Å². The lowest BCUT2D eigenvalue weighted by Crippen LogP contribution is -2.20. The van der Waals surface area contributed by atoms with Crippen molar-refractivity contribution in [1.29, 1.82) is 0 Å². The summed E-state index contributed by atoms with van der Waals surface area (Å²) in [5.41, 5.74) is 5.04. The van der Waals surface area contributed by atoms with Crippen LogP contribution in [-0.4, -0.2) is 18.2 Å². The number of benzene rings is 1. The summed E-state index contributed by atoms with van der Waals surface area (Å²) in [5, 5.41) is 10.6. The number of alkyl halides is 3. The molecule has 0 aromatic heterocycles. The number of non-ortho nitro benzene ring substituents is 1. The van der Waals surface area contributed by atoms with Crippen LogP contribution in [0.4, 0.5) is 18.9 Å². The largest absolute Gasteiger partial charge is 0.496 e. The maximum absolute atomic E-state index is 12.2. The third-order valence-electron chi connectivity index (χ3n) is 2.27. The highest BCUT2D eigenvalue weighted by molar-refractivity contribution is 5.45. The lowest BCUT2D eigenvalue weighted by Gasteiger charge is -2.17. The number of hydrogen-bond donors (Lipinski definition) is 1. The smallest absolute Gasteiger partial charge is 0.390 e. The standard InChI is InChI=1S/C10H11F3N2O3/c1-18-9-3-2-6(15(16)17)4-7(9)8(14)5-10(11,12)13/h2-4,8H,5,14H2,1H3. The van der Waals surface area contributed by atoms with Crippen LogP contribution in [0, 0.1) is 10.1 Å². The van der Waals surface area contributed by atoms with Crippen molar-refractivity contribution in [3.05, 3.63) is 33.9 Å². The average molecular weight is 264 g/mol. The van der Waals surface area contributed by atoms with Gasteiger partial charge in [-0.1, -0.05) is 0 Å². The highest BCUT2D eigenvalue weighted by atomic mass is 19.4. The van der Waals surface area contributed by atoms with Gasteiger partial charge in [-0.15, -0.1) is 0 Å². The quantitative estimate of drug-likeness (QED) is 0.669. The van der Waals surface area contributed by atoms with E-state index in [4.69, 9.17) is 10.5 Å². The number of nitro benzene ring substituents is 1. The summed E-state index contributed by atoms with van der Waals surface area (Å²) in [6.45, 7) is 0. The molecular formula is C10H11F3N2O3. The number of rotatable bonds is 4. The van der Waals surface area contributed by atoms with Crippen LogP contribution in [0.15, 0.2) is 18.2 Å². The molecule has 0 bridgehead atoms. The monoisotopic (exact) mass is 264 g/mol. The fourth-order valence-electron chi connectivity index (χ4n) is 1.48. The Kier molecular flexibility index (Phi) is 4.12. The first kappa shape index (κ1) is 14.2. The lowest BCUT2D eigenvalue weighted by molar-refractivity contribution is -0.385. The fraction of sp³-hybridized carbons (Fsp3) is 0.400. The van der Waals surface area contributed by atoms with Crippen molar-refractivity contribution in [3.8, 4) is 5.75 Å². The number of nitro groups is 1.